The number of hydrogen-bond acceptors (Lipinski definition) is 8. The van der Waals surface area contributed by atoms with Gasteiger partial charge in [0.1, 0.15) is 0 Å². The summed E-state index contributed by atoms with van der Waals surface area (Å²) < 4.78 is 0. The van der Waals surface area contributed by atoms with Crippen LogP contribution in [-0.4, -0.2) is 78.3 Å². The Morgan fingerprint density at radius 2 is 0.565 bits per heavy atom. The number of phenols is 4. The molecule has 0 spiro atoms. The number of hydrogen-bond donors (Lipinski definition) is 8. The standard InChI is InChI=1S/2C28H36N2O2.4BrH.H2O/c2*31-26-16-15-25(27(28(26)32)24-13-7-4-8-14-24)18-22-30-20-10-2-1-9-19-29-21-17-23-11-5-3-6-12-23;;;;;/h2*3-8,11-16,29-32H,1-2,9-10,17-22H2;4*1H;1H2. The topological polar surface area (TPSA) is 161 Å². The zero-order chi connectivity index (χ0) is 44.9. The first kappa shape index (κ1) is 65.2. The summed E-state index contributed by atoms with van der Waals surface area (Å²) in [4.78, 5) is 0. The lowest BCUT2D eigenvalue weighted by atomic mass is 9.96. The summed E-state index contributed by atoms with van der Waals surface area (Å²) >= 11 is 0. The third-order valence-corrected chi connectivity index (χ3v) is 11.5. The van der Waals surface area contributed by atoms with Crippen molar-refractivity contribution in [3.8, 4) is 45.3 Å². The normalized spacial score (nSPS) is 10.2. The van der Waals surface area contributed by atoms with E-state index >= 15 is 0 Å². The van der Waals surface area contributed by atoms with E-state index in [1.165, 1.54) is 62.5 Å². The highest BCUT2D eigenvalue weighted by molar-refractivity contribution is 8.93. The maximum Gasteiger partial charge on any atom is 0.165 e. The minimum absolute atomic E-state index is 0. The molecule has 0 fully saturated rings. The second-order valence-corrected chi connectivity index (χ2v) is 16.5. The van der Waals surface area contributed by atoms with E-state index in [0.717, 1.165) is 111 Å². The molecule has 0 radical (unpaired) electrons. The second-order valence-electron chi connectivity index (χ2n) is 16.5. The van der Waals surface area contributed by atoms with Crippen LogP contribution < -0.4 is 21.3 Å². The molecule has 380 valence electrons. The van der Waals surface area contributed by atoms with Crippen molar-refractivity contribution in [2.75, 3.05) is 52.4 Å². The molecule has 13 heteroatoms. The van der Waals surface area contributed by atoms with Crippen molar-refractivity contribution in [2.45, 2.75) is 77.0 Å². The number of benzene rings is 6. The molecule has 0 atom stereocenters. The highest BCUT2D eigenvalue weighted by atomic mass is 79.9. The molecule has 0 saturated heterocycles. The zero-order valence-electron chi connectivity index (χ0n) is 39.9. The third kappa shape index (κ3) is 24.8. The number of nitrogens with one attached hydrogen (secondary N) is 4. The molecule has 10 N–H and O–H groups in total. The molecule has 0 aliphatic carbocycles. The van der Waals surface area contributed by atoms with Crippen molar-refractivity contribution < 1.29 is 25.9 Å². The Morgan fingerprint density at radius 1 is 0.290 bits per heavy atom. The Balaban J connectivity index is 0.00000125. The summed E-state index contributed by atoms with van der Waals surface area (Å²) in [6, 6.07) is 47.7. The Kier molecular flexibility index (Phi) is 37.7. The van der Waals surface area contributed by atoms with Gasteiger partial charge in [-0.1, -0.05) is 159 Å². The summed E-state index contributed by atoms with van der Waals surface area (Å²) in [5.41, 5.74) is 8.18. The van der Waals surface area contributed by atoms with E-state index in [1.807, 2.05) is 72.8 Å². The number of unbranched alkanes of at least 4 members (excludes halogenated alkanes) is 6. The molecule has 0 heterocycles. The second kappa shape index (κ2) is 39.9. The third-order valence-electron chi connectivity index (χ3n) is 11.5. The highest BCUT2D eigenvalue weighted by Gasteiger charge is 2.15. The molecule has 0 aliphatic rings. The van der Waals surface area contributed by atoms with Gasteiger partial charge in [0.05, 0.1) is 0 Å². The van der Waals surface area contributed by atoms with Gasteiger partial charge in [-0.3, -0.25) is 0 Å². The molecule has 6 aromatic carbocycles. The maximum atomic E-state index is 10.4. The SMILES string of the molecule is Br.Br.Br.Br.O.Oc1ccc(CCNCCCCCCNCCc2ccccc2)c(-c2ccccc2)c1O.Oc1ccc(CCNCCCCCCNCCc2ccccc2)c(-c2ccccc2)c1O. The van der Waals surface area contributed by atoms with Crippen molar-refractivity contribution >= 4 is 67.9 Å². The van der Waals surface area contributed by atoms with Crippen LogP contribution in [0.2, 0.25) is 0 Å². The summed E-state index contributed by atoms with van der Waals surface area (Å²) in [6.07, 6.45) is 13.6. The predicted octanol–water partition coefficient (Wildman–Crippen LogP) is 12.1. The van der Waals surface area contributed by atoms with Crippen LogP contribution in [0.25, 0.3) is 22.3 Å². The maximum absolute atomic E-state index is 10.4. The quantitative estimate of drug-likeness (QED) is 0.0178. The van der Waals surface area contributed by atoms with E-state index in [4.69, 9.17) is 0 Å². The van der Waals surface area contributed by atoms with Crippen LogP contribution in [-0.2, 0) is 25.7 Å². The van der Waals surface area contributed by atoms with Crippen LogP contribution in [0.3, 0.4) is 0 Å². The van der Waals surface area contributed by atoms with Crippen molar-refractivity contribution in [1.82, 2.24) is 21.3 Å². The van der Waals surface area contributed by atoms with Crippen LogP contribution in [0.5, 0.6) is 23.0 Å². The smallest absolute Gasteiger partial charge is 0.165 e. The number of rotatable bonds is 28. The van der Waals surface area contributed by atoms with Crippen molar-refractivity contribution in [3.05, 3.63) is 168 Å². The van der Waals surface area contributed by atoms with E-state index in [9.17, 15) is 20.4 Å². The molecule has 0 aliphatic heterocycles. The van der Waals surface area contributed by atoms with E-state index < -0.39 is 0 Å². The Labute approximate surface area is 454 Å². The fourth-order valence-electron chi connectivity index (χ4n) is 7.92. The summed E-state index contributed by atoms with van der Waals surface area (Å²) in [6.45, 7) is 7.99. The van der Waals surface area contributed by atoms with E-state index in [-0.39, 0.29) is 96.4 Å². The fourth-order valence-corrected chi connectivity index (χ4v) is 7.92. The lowest BCUT2D eigenvalue weighted by molar-refractivity contribution is 0.404. The van der Waals surface area contributed by atoms with Crippen molar-refractivity contribution in [1.29, 1.82) is 0 Å². The van der Waals surface area contributed by atoms with Crippen LogP contribution in [0.4, 0.5) is 0 Å². The molecule has 6 rings (SSSR count). The molecular formula is C56H78Br4N4O5. The van der Waals surface area contributed by atoms with Gasteiger partial charge in [-0.2, -0.15) is 0 Å². The predicted molar refractivity (Wildman–Crippen MR) is 311 cm³/mol. The first-order valence-corrected chi connectivity index (χ1v) is 23.6. The van der Waals surface area contributed by atoms with Gasteiger partial charge in [0.25, 0.3) is 0 Å². The molecule has 0 saturated carbocycles. The number of halogens is 4. The van der Waals surface area contributed by atoms with Gasteiger partial charge in [0.2, 0.25) is 0 Å². The number of aromatic hydroxyl groups is 4. The first-order chi connectivity index (χ1) is 31.5. The average Bonchev–Trinajstić information content (AvgIpc) is 3.33. The molecule has 0 unspecified atom stereocenters. The number of phenolic OH excluding ortho intramolecular Hbond substituents is 4. The van der Waals surface area contributed by atoms with Gasteiger partial charge >= 0.3 is 0 Å². The molecule has 6 aromatic rings. The van der Waals surface area contributed by atoms with Crippen LogP contribution in [0.15, 0.2) is 146 Å². The summed E-state index contributed by atoms with van der Waals surface area (Å²) in [5, 5.41) is 54.7. The van der Waals surface area contributed by atoms with Crippen molar-refractivity contribution in [2.24, 2.45) is 0 Å². The zero-order valence-corrected chi connectivity index (χ0v) is 46.8. The van der Waals surface area contributed by atoms with Gasteiger partial charge in [0, 0.05) is 11.1 Å². The molecule has 0 bridgehead atoms. The Hall–Kier alpha value is -3.76. The minimum Gasteiger partial charge on any atom is -0.504 e. The van der Waals surface area contributed by atoms with E-state index in [1.54, 1.807) is 12.1 Å². The van der Waals surface area contributed by atoms with Gasteiger partial charge in [-0.15, -0.1) is 67.9 Å². The lowest BCUT2D eigenvalue weighted by Crippen LogP contribution is -2.19. The van der Waals surface area contributed by atoms with E-state index in [2.05, 4.69) is 81.9 Å². The van der Waals surface area contributed by atoms with Gasteiger partial charge in [-0.25, -0.2) is 0 Å². The van der Waals surface area contributed by atoms with Crippen LogP contribution >= 0.6 is 67.9 Å². The largest absolute Gasteiger partial charge is 0.504 e. The van der Waals surface area contributed by atoms with Gasteiger partial charge in [0.15, 0.2) is 23.0 Å². The van der Waals surface area contributed by atoms with Crippen molar-refractivity contribution in [3.63, 3.8) is 0 Å². The highest BCUT2D eigenvalue weighted by Crippen LogP contribution is 2.40. The molecular weight excluding hydrogens is 1130 g/mol. The molecule has 0 aromatic heterocycles. The van der Waals surface area contributed by atoms with Gasteiger partial charge < -0.3 is 47.2 Å². The summed E-state index contributed by atoms with van der Waals surface area (Å²) in [5.74, 6) is -0.220. The Morgan fingerprint density at radius 3 is 0.870 bits per heavy atom. The minimum atomic E-state index is -0.0740. The molecule has 0 amide bonds. The Bertz CT molecular complexity index is 2010. The van der Waals surface area contributed by atoms with Gasteiger partial charge in [-0.05, 0) is 149 Å². The lowest BCUT2D eigenvalue weighted by Gasteiger charge is -2.13. The van der Waals surface area contributed by atoms with Crippen LogP contribution in [0.1, 0.15) is 73.6 Å². The fraction of sp³-hybridized carbons (Fsp3) is 0.357. The van der Waals surface area contributed by atoms with E-state index in [0.29, 0.717) is 0 Å². The average molecular weight is 1210 g/mol. The van der Waals surface area contributed by atoms with Crippen LogP contribution in [0, 0.1) is 0 Å². The first-order valence-electron chi connectivity index (χ1n) is 23.6. The summed E-state index contributed by atoms with van der Waals surface area (Å²) in [7, 11) is 0. The molecule has 9 nitrogen and oxygen atoms in total. The molecule has 69 heavy (non-hydrogen) atoms. The monoisotopic (exact) mass is 1200 g/mol.